The van der Waals surface area contributed by atoms with Gasteiger partial charge in [-0.2, -0.15) is 0 Å². The molecule has 1 fully saturated rings. The first kappa shape index (κ1) is 17.3. The van der Waals surface area contributed by atoms with Gasteiger partial charge in [0.05, 0.1) is 0 Å². The number of anilines is 1. The molecule has 1 saturated heterocycles. The van der Waals surface area contributed by atoms with E-state index in [9.17, 15) is 9.59 Å². The number of carbonyl (C=O) groups excluding carboxylic acids is 2. The van der Waals surface area contributed by atoms with Crippen LogP contribution >= 0.6 is 11.6 Å². The molecule has 1 aliphatic rings. The molecule has 25 heavy (non-hydrogen) atoms. The minimum Gasteiger partial charge on any atom is -0.484 e. The average molecular weight is 359 g/mol. The van der Waals surface area contributed by atoms with E-state index >= 15 is 0 Å². The summed E-state index contributed by atoms with van der Waals surface area (Å²) in [6.45, 7) is 0.803. The van der Waals surface area contributed by atoms with Crippen LogP contribution in [0.25, 0.3) is 0 Å². The van der Waals surface area contributed by atoms with Gasteiger partial charge in [-0.15, -0.1) is 0 Å². The molecule has 1 aliphatic heterocycles. The smallest absolute Gasteiger partial charge is 0.266 e. The fourth-order valence-electron chi connectivity index (χ4n) is 2.69. The molecule has 0 aliphatic carbocycles. The van der Waals surface area contributed by atoms with E-state index in [1.54, 1.807) is 34.1 Å². The summed E-state index contributed by atoms with van der Waals surface area (Å²) in [6.07, 6.45) is 1.37. The van der Waals surface area contributed by atoms with Crippen molar-refractivity contribution in [2.45, 2.75) is 12.8 Å². The standard InChI is InChI=1S/C19H19ClN2O3/c20-15-8-10-17(11-9-15)25-13-19(24)22(16-5-2-1-3-6-16)14-21-12-4-7-18(21)23/h1-3,5-6,8-11H,4,7,12-14H2. The van der Waals surface area contributed by atoms with Crippen molar-refractivity contribution in [1.29, 1.82) is 0 Å². The second-order valence-corrected chi connectivity index (χ2v) is 6.24. The van der Waals surface area contributed by atoms with Gasteiger partial charge in [0.2, 0.25) is 5.91 Å². The number of amides is 2. The third-order valence-corrected chi connectivity index (χ3v) is 4.28. The number of halogens is 1. The highest BCUT2D eigenvalue weighted by Crippen LogP contribution is 2.19. The van der Waals surface area contributed by atoms with Crippen molar-refractivity contribution in [3.05, 3.63) is 59.6 Å². The zero-order valence-corrected chi connectivity index (χ0v) is 14.5. The van der Waals surface area contributed by atoms with Crippen molar-refractivity contribution in [2.24, 2.45) is 0 Å². The van der Waals surface area contributed by atoms with Gasteiger partial charge in [-0.3, -0.25) is 14.5 Å². The molecule has 1 heterocycles. The van der Waals surface area contributed by atoms with Crippen LogP contribution in [0.5, 0.6) is 5.75 Å². The van der Waals surface area contributed by atoms with Crippen LogP contribution in [0.4, 0.5) is 5.69 Å². The van der Waals surface area contributed by atoms with Gasteiger partial charge in [-0.25, -0.2) is 0 Å². The molecule has 2 aromatic carbocycles. The molecule has 0 saturated carbocycles. The van der Waals surface area contributed by atoms with Crippen molar-refractivity contribution in [3.63, 3.8) is 0 Å². The summed E-state index contributed by atoms with van der Waals surface area (Å²) in [6, 6.07) is 16.2. The summed E-state index contributed by atoms with van der Waals surface area (Å²) in [5.74, 6) is 0.441. The third kappa shape index (κ3) is 4.51. The van der Waals surface area contributed by atoms with Crippen LogP contribution in [-0.2, 0) is 9.59 Å². The van der Waals surface area contributed by atoms with Crippen LogP contribution in [-0.4, -0.2) is 36.5 Å². The van der Waals surface area contributed by atoms with Crippen LogP contribution < -0.4 is 9.64 Å². The van der Waals surface area contributed by atoms with Gasteiger partial charge in [0.15, 0.2) is 6.61 Å². The van der Waals surface area contributed by atoms with E-state index in [4.69, 9.17) is 16.3 Å². The Morgan fingerprint density at radius 2 is 1.84 bits per heavy atom. The number of hydrogen-bond donors (Lipinski definition) is 0. The van der Waals surface area contributed by atoms with E-state index in [1.165, 1.54) is 0 Å². The number of benzene rings is 2. The predicted molar refractivity (Wildman–Crippen MR) is 96.7 cm³/mol. The molecule has 0 radical (unpaired) electrons. The number of para-hydroxylation sites is 1. The third-order valence-electron chi connectivity index (χ3n) is 4.03. The van der Waals surface area contributed by atoms with Crippen LogP contribution in [0.2, 0.25) is 5.02 Å². The highest BCUT2D eigenvalue weighted by atomic mass is 35.5. The minimum absolute atomic E-state index is 0.0763. The first-order chi connectivity index (χ1) is 12.1. The molecule has 6 heteroatoms. The lowest BCUT2D eigenvalue weighted by atomic mass is 10.3. The summed E-state index contributed by atoms with van der Waals surface area (Å²) in [5, 5.41) is 0.608. The van der Waals surface area contributed by atoms with Crippen molar-refractivity contribution >= 4 is 29.1 Å². The Hall–Kier alpha value is -2.53. The van der Waals surface area contributed by atoms with Gasteiger partial charge < -0.3 is 9.64 Å². The van der Waals surface area contributed by atoms with Gasteiger partial charge >= 0.3 is 0 Å². The number of rotatable bonds is 6. The molecule has 2 amide bonds. The molecular weight excluding hydrogens is 340 g/mol. The maximum Gasteiger partial charge on any atom is 0.266 e. The lowest BCUT2D eigenvalue weighted by molar-refractivity contribution is -0.128. The molecule has 3 rings (SSSR count). The zero-order chi connectivity index (χ0) is 17.6. The number of likely N-dealkylation sites (tertiary alicyclic amines) is 1. The SMILES string of the molecule is O=C1CCCN1CN(C(=O)COc1ccc(Cl)cc1)c1ccccc1. The summed E-state index contributed by atoms with van der Waals surface area (Å²) in [5.41, 5.74) is 0.743. The van der Waals surface area contributed by atoms with Crippen LogP contribution in [0.3, 0.4) is 0 Å². The van der Waals surface area contributed by atoms with Crippen molar-refractivity contribution in [1.82, 2.24) is 4.90 Å². The topological polar surface area (TPSA) is 49.9 Å². The number of ether oxygens (including phenoxy) is 1. The normalized spacial score (nSPS) is 13.8. The van der Waals surface area contributed by atoms with Crippen molar-refractivity contribution in [3.8, 4) is 5.75 Å². The maximum absolute atomic E-state index is 12.7. The Morgan fingerprint density at radius 1 is 1.12 bits per heavy atom. The van der Waals surface area contributed by atoms with Crippen molar-refractivity contribution in [2.75, 3.05) is 24.7 Å². The van der Waals surface area contributed by atoms with E-state index in [0.29, 0.717) is 23.7 Å². The maximum atomic E-state index is 12.7. The Kier molecular flexibility index (Phi) is 5.56. The molecule has 130 valence electrons. The fraction of sp³-hybridized carbons (Fsp3) is 0.263. The number of hydrogen-bond acceptors (Lipinski definition) is 3. The highest BCUT2D eigenvalue weighted by Gasteiger charge is 2.25. The second kappa shape index (κ2) is 8.03. The monoisotopic (exact) mass is 358 g/mol. The quantitative estimate of drug-likeness (QED) is 0.795. The van der Waals surface area contributed by atoms with E-state index < -0.39 is 0 Å². The molecule has 0 unspecified atom stereocenters. The summed E-state index contributed by atoms with van der Waals surface area (Å²) >= 11 is 5.85. The Bertz CT molecular complexity index is 734. The highest BCUT2D eigenvalue weighted by molar-refractivity contribution is 6.30. The van der Waals surface area contributed by atoms with Gasteiger partial charge in [-0.1, -0.05) is 29.8 Å². The molecule has 0 aromatic heterocycles. The van der Waals surface area contributed by atoms with Crippen LogP contribution in [0.15, 0.2) is 54.6 Å². The molecule has 0 bridgehead atoms. The lowest BCUT2D eigenvalue weighted by Crippen LogP contribution is -2.44. The molecule has 2 aromatic rings. The summed E-state index contributed by atoms with van der Waals surface area (Å²) in [7, 11) is 0. The van der Waals surface area contributed by atoms with E-state index in [-0.39, 0.29) is 25.1 Å². The summed E-state index contributed by atoms with van der Waals surface area (Å²) in [4.78, 5) is 27.9. The van der Waals surface area contributed by atoms with E-state index in [1.807, 2.05) is 30.3 Å². The number of carbonyl (C=O) groups is 2. The van der Waals surface area contributed by atoms with Gasteiger partial charge in [-0.05, 0) is 42.8 Å². The van der Waals surface area contributed by atoms with Gasteiger partial charge in [0.25, 0.3) is 5.91 Å². The Labute approximate surface area is 151 Å². The first-order valence-corrected chi connectivity index (χ1v) is 8.53. The van der Waals surface area contributed by atoms with Crippen LogP contribution in [0.1, 0.15) is 12.8 Å². The second-order valence-electron chi connectivity index (χ2n) is 5.80. The van der Waals surface area contributed by atoms with Gasteiger partial charge in [0, 0.05) is 23.7 Å². The number of nitrogens with zero attached hydrogens (tertiary/aromatic N) is 2. The molecule has 5 nitrogen and oxygen atoms in total. The van der Waals surface area contributed by atoms with Gasteiger partial charge in [0.1, 0.15) is 12.4 Å². The Morgan fingerprint density at radius 3 is 2.48 bits per heavy atom. The fourth-order valence-corrected chi connectivity index (χ4v) is 2.82. The van der Waals surface area contributed by atoms with Crippen LogP contribution in [0, 0.1) is 0 Å². The van der Waals surface area contributed by atoms with E-state index in [2.05, 4.69) is 0 Å². The lowest BCUT2D eigenvalue weighted by Gasteiger charge is -2.28. The summed E-state index contributed by atoms with van der Waals surface area (Å²) < 4.78 is 5.56. The largest absolute Gasteiger partial charge is 0.484 e. The zero-order valence-electron chi connectivity index (χ0n) is 13.7. The minimum atomic E-state index is -0.208. The molecular formula is C19H19ClN2O3. The molecule has 0 N–H and O–H groups in total. The Balaban J connectivity index is 1.70. The average Bonchev–Trinajstić information content (AvgIpc) is 3.04. The van der Waals surface area contributed by atoms with Crippen molar-refractivity contribution < 1.29 is 14.3 Å². The molecule has 0 spiro atoms. The molecule has 0 atom stereocenters. The predicted octanol–water partition coefficient (Wildman–Crippen LogP) is 3.33. The first-order valence-electron chi connectivity index (χ1n) is 8.15. The van der Waals surface area contributed by atoms with E-state index in [0.717, 1.165) is 12.1 Å².